The molecule has 2 aromatic heterocycles. The van der Waals surface area contributed by atoms with E-state index < -0.39 is 10.0 Å². The molecule has 0 spiro atoms. The summed E-state index contributed by atoms with van der Waals surface area (Å²) in [7, 11) is -3.44. The van der Waals surface area contributed by atoms with Crippen molar-refractivity contribution in [3.8, 4) is 0 Å². The quantitative estimate of drug-likeness (QED) is 0.693. The van der Waals surface area contributed by atoms with Gasteiger partial charge in [0.1, 0.15) is 10.0 Å². The van der Waals surface area contributed by atoms with Crippen LogP contribution in [0.15, 0.2) is 37.1 Å². The number of hydrogen-bond acceptors (Lipinski definition) is 6. The number of piperazine rings is 1. The number of nitrogens with zero attached hydrogens (tertiary/aromatic N) is 4. The van der Waals surface area contributed by atoms with Crippen LogP contribution in [0.25, 0.3) is 0 Å². The highest BCUT2D eigenvalue weighted by molar-refractivity contribution is 9.13. The third-order valence-corrected chi connectivity index (χ3v) is 8.93. The molecule has 1 aliphatic heterocycles. The number of rotatable bonds is 3. The fourth-order valence-corrected chi connectivity index (χ4v) is 6.59. The summed E-state index contributed by atoms with van der Waals surface area (Å²) in [5, 5.41) is 0. The van der Waals surface area contributed by atoms with Gasteiger partial charge in [0, 0.05) is 43.0 Å². The Morgan fingerprint density at radius 2 is 1.86 bits per heavy atom. The van der Waals surface area contributed by atoms with Crippen molar-refractivity contribution in [1.82, 2.24) is 14.3 Å². The van der Waals surface area contributed by atoms with Crippen molar-refractivity contribution >= 4 is 59.0 Å². The fraction of sp³-hybridized carbons (Fsp3) is 0.333. The predicted molar refractivity (Wildman–Crippen MR) is 92.7 cm³/mol. The van der Waals surface area contributed by atoms with Crippen LogP contribution in [0.5, 0.6) is 0 Å². The highest BCUT2D eigenvalue weighted by Gasteiger charge is 2.30. The molecule has 0 atom stereocenters. The number of aromatic nitrogens is 2. The molecule has 0 aromatic carbocycles. The molecule has 2 aromatic rings. The van der Waals surface area contributed by atoms with Gasteiger partial charge in [-0.25, -0.2) is 13.4 Å². The highest BCUT2D eigenvalue weighted by Crippen LogP contribution is 2.36. The Morgan fingerprint density at radius 3 is 2.41 bits per heavy atom. The van der Waals surface area contributed by atoms with E-state index in [2.05, 4.69) is 41.8 Å². The molecular weight excluding hydrogens is 456 g/mol. The smallest absolute Gasteiger partial charge is 0.252 e. The van der Waals surface area contributed by atoms with Gasteiger partial charge >= 0.3 is 0 Å². The lowest BCUT2D eigenvalue weighted by molar-refractivity contribution is 0.384. The third-order valence-electron chi connectivity index (χ3n) is 3.33. The summed E-state index contributed by atoms with van der Waals surface area (Å²) in [5.41, 5.74) is 0. The molecule has 0 bridgehead atoms. The maximum Gasteiger partial charge on any atom is 0.252 e. The van der Waals surface area contributed by atoms with Gasteiger partial charge in [0.25, 0.3) is 10.0 Å². The number of thiophene rings is 1. The van der Waals surface area contributed by atoms with Crippen LogP contribution < -0.4 is 4.90 Å². The first-order chi connectivity index (χ1) is 10.5. The molecule has 0 aliphatic carbocycles. The molecule has 118 valence electrons. The maximum absolute atomic E-state index is 12.6. The molecule has 22 heavy (non-hydrogen) atoms. The minimum atomic E-state index is -3.44. The molecule has 10 heteroatoms. The second kappa shape index (κ2) is 6.52. The summed E-state index contributed by atoms with van der Waals surface area (Å²) >= 11 is 7.88. The van der Waals surface area contributed by atoms with Crippen LogP contribution in [0, 0.1) is 0 Å². The summed E-state index contributed by atoms with van der Waals surface area (Å²) in [6.45, 7) is 2.08. The lowest BCUT2D eigenvalue weighted by Crippen LogP contribution is -2.48. The topological polar surface area (TPSA) is 66.4 Å². The predicted octanol–water partition coefficient (Wildman–Crippen LogP) is 2.57. The van der Waals surface area contributed by atoms with E-state index in [-0.39, 0.29) is 0 Å². The van der Waals surface area contributed by atoms with Gasteiger partial charge in [0.15, 0.2) is 0 Å². The first kappa shape index (κ1) is 16.3. The van der Waals surface area contributed by atoms with Crippen LogP contribution in [-0.4, -0.2) is 48.9 Å². The normalized spacial score (nSPS) is 16.9. The van der Waals surface area contributed by atoms with Crippen molar-refractivity contribution in [1.29, 1.82) is 0 Å². The van der Waals surface area contributed by atoms with Crippen LogP contribution in [0.2, 0.25) is 0 Å². The van der Waals surface area contributed by atoms with E-state index in [9.17, 15) is 8.42 Å². The molecule has 1 saturated heterocycles. The van der Waals surface area contributed by atoms with Gasteiger partial charge in [0.05, 0.1) is 9.98 Å². The Bertz CT molecular complexity index is 739. The zero-order valence-corrected chi connectivity index (χ0v) is 16.1. The Hall–Kier alpha value is -0.550. The SMILES string of the molecule is O=S(=O)(c1cc(Br)c(Br)s1)N1CCN(c2cnccn2)CC1. The summed E-state index contributed by atoms with van der Waals surface area (Å²) in [6.07, 6.45) is 4.95. The zero-order valence-electron chi connectivity index (χ0n) is 11.3. The van der Waals surface area contributed by atoms with Crippen molar-refractivity contribution in [2.45, 2.75) is 4.21 Å². The lowest BCUT2D eigenvalue weighted by atomic mass is 10.3. The third kappa shape index (κ3) is 3.21. The van der Waals surface area contributed by atoms with Crippen molar-refractivity contribution in [3.05, 3.63) is 32.9 Å². The van der Waals surface area contributed by atoms with Crippen LogP contribution in [0.3, 0.4) is 0 Å². The van der Waals surface area contributed by atoms with Gasteiger partial charge in [-0.15, -0.1) is 11.3 Å². The molecule has 3 heterocycles. The Kier molecular flexibility index (Phi) is 4.83. The molecule has 3 rings (SSSR count). The number of hydrogen-bond donors (Lipinski definition) is 0. The number of sulfonamides is 1. The molecule has 0 amide bonds. The van der Waals surface area contributed by atoms with Crippen molar-refractivity contribution < 1.29 is 8.42 Å². The van der Waals surface area contributed by atoms with Gasteiger partial charge in [-0.2, -0.15) is 4.31 Å². The minimum absolute atomic E-state index is 0.346. The minimum Gasteiger partial charge on any atom is -0.353 e. The van der Waals surface area contributed by atoms with Crippen LogP contribution >= 0.6 is 43.2 Å². The molecule has 0 saturated carbocycles. The van der Waals surface area contributed by atoms with Crippen LogP contribution in [0.4, 0.5) is 5.82 Å². The fourth-order valence-electron chi connectivity index (χ4n) is 2.19. The Morgan fingerprint density at radius 1 is 1.14 bits per heavy atom. The van der Waals surface area contributed by atoms with Gasteiger partial charge < -0.3 is 4.90 Å². The highest BCUT2D eigenvalue weighted by atomic mass is 79.9. The average Bonchev–Trinajstić information content (AvgIpc) is 2.88. The van der Waals surface area contributed by atoms with Gasteiger partial charge in [-0.05, 0) is 37.9 Å². The van der Waals surface area contributed by atoms with E-state index in [1.807, 2.05) is 4.90 Å². The van der Waals surface area contributed by atoms with Gasteiger partial charge in [-0.1, -0.05) is 0 Å². The first-order valence-electron chi connectivity index (χ1n) is 6.44. The maximum atomic E-state index is 12.6. The van der Waals surface area contributed by atoms with E-state index in [0.717, 1.165) is 14.1 Å². The van der Waals surface area contributed by atoms with Crippen LogP contribution in [0.1, 0.15) is 0 Å². The average molecular weight is 468 g/mol. The van der Waals surface area contributed by atoms with Crippen LogP contribution in [-0.2, 0) is 10.0 Å². The van der Waals surface area contributed by atoms with E-state index in [1.54, 1.807) is 24.7 Å². The zero-order chi connectivity index (χ0) is 15.7. The van der Waals surface area contributed by atoms with Gasteiger partial charge in [0.2, 0.25) is 0 Å². The Labute approximate surface area is 149 Å². The second-order valence-corrected chi connectivity index (χ2v) is 10.0. The monoisotopic (exact) mass is 466 g/mol. The number of anilines is 1. The molecule has 6 nitrogen and oxygen atoms in total. The molecular formula is C12H12Br2N4O2S2. The molecule has 0 radical (unpaired) electrons. The largest absolute Gasteiger partial charge is 0.353 e. The molecule has 0 N–H and O–H groups in total. The standard InChI is InChI=1S/C12H12Br2N4O2S2/c13-9-7-11(21-12(9)14)22(19,20)18-5-3-17(4-6-18)10-8-15-1-2-16-10/h1-2,7-8H,3-6H2. The number of halogens is 2. The molecule has 1 fully saturated rings. The summed E-state index contributed by atoms with van der Waals surface area (Å²) in [6, 6.07) is 1.64. The van der Waals surface area contributed by atoms with Crippen molar-refractivity contribution in [2.75, 3.05) is 31.1 Å². The second-order valence-electron chi connectivity index (χ2n) is 4.64. The Balaban J connectivity index is 1.73. The molecule has 1 aliphatic rings. The van der Waals surface area contributed by atoms with E-state index in [1.165, 1.54) is 15.6 Å². The van der Waals surface area contributed by atoms with Gasteiger partial charge in [-0.3, -0.25) is 4.98 Å². The molecule has 0 unspecified atom stereocenters. The summed E-state index contributed by atoms with van der Waals surface area (Å²) in [4.78, 5) is 10.3. The first-order valence-corrected chi connectivity index (χ1v) is 10.3. The van der Waals surface area contributed by atoms with Crippen molar-refractivity contribution in [2.24, 2.45) is 0 Å². The summed E-state index contributed by atoms with van der Waals surface area (Å²) < 4.78 is 28.7. The van der Waals surface area contributed by atoms with E-state index in [0.29, 0.717) is 30.4 Å². The summed E-state index contributed by atoms with van der Waals surface area (Å²) in [5.74, 6) is 0.779. The lowest BCUT2D eigenvalue weighted by Gasteiger charge is -2.34. The van der Waals surface area contributed by atoms with E-state index >= 15 is 0 Å². The van der Waals surface area contributed by atoms with Crippen molar-refractivity contribution in [3.63, 3.8) is 0 Å². The van der Waals surface area contributed by atoms with E-state index in [4.69, 9.17) is 0 Å².